The van der Waals surface area contributed by atoms with Gasteiger partial charge < -0.3 is 14.9 Å². The van der Waals surface area contributed by atoms with Crippen molar-refractivity contribution in [1.82, 2.24) is 0 Å². The predicted molar refractivity (Wildman–Crippen MR) is 76.1 cm³/mol. The van der Waals surface area contributed by atoms with E-state index < -0.39 is 12.2 Å². The highest BCUT2D eigenvalue weighted by Crippen LogP contribution is 2.34. The molecule has 0 aromatic carbocycles. The Morgan fingerprint density at radius 1 is 1.25 bits per heavy atom. The Labute approximate surface area is 120 Å². The van der Waals surface area contributed by atoms with Crippen LogP contribution in [-0.2, 0) is 9.53 Å². The van der Waals surface area contributed by atoms with E-state index in [0.29, 0.717) is 37.0 Å². The molecule has 1 heterocycles. The summed E-state index contributed by atoms with van der Waals surface area (Å²) in [6.45, 7) is 2.16. The molecular formula is C16H26O4. The fourth-order valence-electron chi connectivity index (χ4n) is 3.05. The van der Waals surface area contributed by atoms with Gasteiger partial charge in [0.25, 0.3) is 0 Å². The van der Waals surface area contributed by atoms with Crippen molar-refractivity contribution in [2.24, 2.45) is 0 Å². The van der Waals surface area contributed by atoms with Gasteiger partial charge in [-0.15, -0.1) is 0 Å². The Morgan fingerprint density at radius 3 is 2.80 bits per heavy atom. The first kappa shape index (κ1) is 15.5. The standard InChI is InChI=1S/C16H26O4/c1-2-3-4-5-6-13(18)15-10-7-11-12(17)8-9-14(19)16(11)20-15/h13-15,18-19H,2-10H2,1H3/t13-,14+,15-/m1/s1. The molecule has 0 radical (unpaired) electrons. The SMILES string of the molecule is CCCCCC[C@@H](O)[C@H]1CCC2=C(O1)[C@@H](O)CCC2=O. The number of hydrogen-bond donors (Lipinski definition) is 2. The zero-order valence-corrected chi connectivity index (χ0v) is 12.3. The van der Waals surface area contributed by atoms with Crippen LogP contribution in [-0.4, -0.2) is 34.3 Å². The van der Waals surface area contributed by atoms with Gasteiger partial charge in [-0.2, -0.15) is 0 Å². The number of ketones is 1. The van der Waals surface area contributed by atoms with E-state index in [9.17, 15) is 15.0 Å². The third kappa shape index (κ3) is 3.61. The summed E-state index contributed by atoms with van der Waals surface area (Å²) >= 11 is 0. The lowest BCUT2D eigenvalue weighted by Crippen LogP contribution is -2.37. The summed E-state index contributed by atoms with van der Waals surface area (Å²) in [7, 11) is 0. The van der Waals surface area contributed by atoms with E-state index in [1.165, 1.54) is 12.8 Å². The van der Waals surface area contributed by atoms with Crippen LogP contribution in [0.4, 0.5) is 0 Å². The molecule has 0 aromatic rings. The molecule has 0 saturated carbocycles. The fraction of sp³-hybridized carbons (Fsp3) is 0.812. The smallest absolute Gasteiger partial charge is 0.162 e. The van der Waals surface area contributed by atoms with Crippen LogP contribution in [0.3, 0.4) is 0 Å². The van der Waals surface area contributed by atoms with Crippen LogP contribution in [0, 0.1) is 0 Å². The van der Waals surface area contributed by atoms with Crippen molar-refractivity contribution in [3.8, 4) is 0 Å². The molecular weight excluding hydrogens is 256 g/mol. The monoisotopic (exact) mass is 282 g/mol. The van der Waals surface area contributed by atoms with Crippen LogP contribution in [0.5, 0.6) is 0 Å². The van der Waals surface area contributed by atoms with Crippen LogP contribution < -0.4 is 0 Å². The second-order valence-corrected chi connectivity index (χ2v) is 5.93. The molecule has 4 heteroatoms. The number of aliphatic hydroxyl groups excluding tert-OH is 2. The average Bonchev–Trinajstić information content (AvgIpc) is 2.47. The highest BCUT2D eigenvalue weighted by molar-refractivity contribution is 5.97. The van der Waals surface area contributed by atoms with E-state index in [4.69, 9.17) is 4.74 Å². The van der Waals surface area contributed by atoms with Gasteiger partial charge in [-0.1, -0.05) is 32.6 Å². The van der Waals surface area contributed by atoms with Crippen LogP contribution in [0.25, 0.3) is 0 Å². The minimum atomic E-state index is -0.669. The van der Waals surface area contributed by atoms with Crippen molar-refractivity contribution in [1.29, 1.82) is 0 Å². The van der Waals surface area contributed by atoms with Gasteiger partial charge in [0.15, 0.2) is 5.78 Å². The third-order valence-electron chi connectivity index (χ3n) is 4.32. The second-order valence-electron chi connectivity index (χ2n) is 5.93. The summed E-state index contributed by atoms with van der Waals surface area (Å²) in [5, 5.41) is 20.2. The van der Waals surface area contributed by atoms with Gasteiger partial charge in [-0.05, 0) is 25.7 Å². The number of rotatable bonds is 6. The Kier molecular flexibility index (Phi) is 5.61. The van der Waals surface area contributed by atoms with E-state index >= 15 is 0 Å². The Balaban J connectivity index is 1.89. The quantitative estimate of drug-likeness (QED) is 0.734. The lowest BCUT2D eigenvalue weighted by Gasteiger charge is -2.35. The molecule has 2 aliphatic rings. The van der Waals surface area contributed by atoms with E-state index in [1.54, 1.807) is 0 Å². The van der Waals surface area contributed by atoms with Crippen molar-refractivity contribution in [2.45, 2.75) is 83.0 Å². The first-order valence-corrected chi connectivity index (χ1v) is 7.92. The molecule has 20 heavy (non-hydrogen) atoms. The number of aliphatic hydroxyl groups is 2. The molecule has 0 spiro atoms. The van der Waals surface area contributed by atoms with Crippen LogP contribution in [0.2, 0.25) is 0 Å². The number of ether oxygens (including phenoxy) is 1. The van der Waals surface area contributed by atoms with Crippen molar-refractivity contribution >= 4 is 5.78 Å². The molecule has 1 aliphatic carbocycles. The fourth-order valence-corrected chi connectivity index (χ4v) is 3.05. The first-order chi connectivity index (χ1) is 9.63. The maximum absolute atomic E-state index is 11.8. The highest BCUT2D eigenvalue weighted by atomic mass is 16.5. The molecule has 3 atom stereocenters. The predicted octanol–water partition coefficient (Wildman–Crippen LogP) is 2.47. The van der Waals surface area contributed by atoms with E-state index in [1.807, 2.05) is 0 Å². The maximum Gasteiger partial charge on any atom is 0.162 e. The number of carbonyl (C=O) groups excluding carboxylic acids is 1. The molecule has 2 N–H and O–H groups in total. The average molecular weight is 282 g/mol. The van der Waals surface area contributed by atoms with Gasteiger partial charge in [0.05, 0.1) is 6.10 Å². The molecule has 0 aromatic heterocycles. The molecule has 1 aliphatic heterocycles. The molecule has 0 fully saturated rings. The Hall–Kier alpha value is -0.870. The Bertz CT molecular complexity index is 375. The van der Waals surface area contributed by atoms with Crippen molar-refractivity contribution in [3.05, 3.63) is 11.3 Å². The van der Waals surface area contributed by atoms with Crippen LogP contribution in [0.15, 0.2) is 11.3 Å². The van der Waals surface area contributed by atoms with Gasteiger partial charge >= 0.3 is 0 Å². The number of hydrogen-bond acceptors (Lipinski definition) is 4. The number of allylic oxidation sites excluding steroid dienone is 1. The first-order valence-electron chi connectivity index (χ1n) is 7.92. The molecule has 0 saturated heterocycles. The topological polar surface area (TPSA) is 66.8 Å². The van der Waals surface area contributed by atoms with Gasteiger partial charge in [-0.25, -0.2) is 0 Å². The van der Waals surface area contributed by atoms with E-state index in [2.05, 4.69) is 6.92 Å². The molecule has 0 amide bonds. The van der Waals surface area contributed by atoms with Crippen LogP contribution >= 0.6 is 0 Å². The molecule has 114 valence electrons. The lowest BCUT2D eigenvalue weighted by atomic mass is 9.87. The minimum Gasteiger partial charge on any atom is -0.489 e. The number of carbonyl (C=O) groups is 1. The Morgan fingerprint density at radius 2 is 2.05 bits per heavy atom. The zero-order chi connectivity index (χ0) is 14.5. The molecule has 0 unspecified atom stereocenters. The van der Waals surface area contributed by atoms with Crippen LogP contribution in [0.1, 0.15) is 64.7 Å². The van der Waals surface area contributed by atoms with Crippen molar-refractivity contribution < 1.29 is 19.7 Å². The number of Topliss-reactive ketones (excluding diaryl/α,β-unsaturated/α-hetero) is 1. The third-order valence-corrected chi connectivity index (χ3v) is 4.32. The summed E-state index contributed by atoms with van der Waals surface area (Å²) < 4.78 is 5.75. The maximum atomic E-state index is 11.8. The van der Waals surface area contributed by atoms with Gasteiger partial charge in [0, 0.05) is 12.0 Å². The van der Waals surface area contributed by atoms with Crippen molar-refractivity contribution in [2.75, 3.05) is 0 Å². The highest BCUT2D eigenvalue weighted by Gasteiger charge is 2.36. The zero-order valence-electron chi connectivity index (χ0n) is 12.3. The molecule has 0 bridgehead atoms. The lowest BCUT2D eigenvalue weighted by molar-refractivity contribution is -0.120. The number of unbranched alkanes of at least 4 members (excludes halogenated alkanes) is 3. The van der Waals surface area contributed by atoms with E-state index in [0.717, 1.165) is 19.3 Å². The second kappa shape index (κ2) is 7.23. The minimum absolute atomic E-state index is 0.0983. The van der Waals surface area contributed by atoms with Gasteiger partial charge in [0.2, 0.25) is 0 Å². The molecule has 2 rings (SSSR count). The summed E-state index contributed by atoms with van der Waals surface area (Å²) in [5.74, 6) is 0.534. The normalized spacial score (nSPS) is 28.1. The summed E-state index contributed by atoms with van der Waals surface area (Å²) in [6, 6.07) is 0. The van der Waals surface area contributed by atoms with E-state index in [-0.39, 0.29) is 11.9 Å². The molecule has 4 nitrogen and oxygen atoms in total. The summed E-state index contributed by atoms with van der Waals surface area (Å²) in [6.07, 6.45) is 5.97. The largest absolute Gasteiger partial charge is 0.489 e. The van der Waals surface area contributed by atoms with Gasteiger partial charge in [-0.3, -0.25) is 4.79 Å². The van der Waals surface area contributed by atoms with Gasteiger partial charge in [0.1, 0.15) is 18.0 Å². The van der Waals surface area contributed by atoms with Crippen molar-refractivity contribution in [3.63, 3.8) is 0 Å². The summed E-state index contributed by atoms with van der Waals surface area (Å²) in [4.78, 5) is 11.8. The summed E-state index contributed by atoms with van der Waals surface area (Å²) in [5.41, 5.74) is 0.651.